The number of carboxylic acids is 1. The maximum atomic E-state index is 12.3. The van der Waals surface area contributed by atoms with Crippen LogP contribution in [0.2, 0.25) is 0 Å². The highest BCUT2D eigenvalue weighted by Crippen LogP contribution is 2.37. The highest BCUT2D eigenvalue weighted by molar-refractivity contribution is 5.99. The fraction of sp³-hybridized carbons (Fsp3) is 0.375. The lowest BCUT2D eigenvalue weighted by atomic mass is 10.0. The van der Waals surface area contributed by atoms with E-state index in [0.29, 0.717) is 36.3 Å². The molecule has 1 aliphatic rings. The number of methoxy groups -OCH3 is 2. The van der Waals surface area contributed by atoms with Crippen LogP contribution >= 0.6 is 0 Å². The number of ether oxygens (including phenoxy) is 2. The van der Waals surface area contributed by atoms with Crippen LogP contribution in [0.4, 0.5) is 0 Å². The Morgan fingerprint density at radius 2 is 2.05 bits per heavy atom. The van der Waals surface area contributed by atoms with E-state index in [9.17, 15) is 9.59 Å². The Bertz CT molecular complexity index is 619. The van der Waals surface area contributed by atoms with E-state index in [1.807, 2.05) is 0 Å². The second-order valence-corrected chi connectivity index (χ2v) is 5.21. The van der Waals surface area contributed by atoms with E-state index in [4.69, 9.17) is 14.6 Å². The minimum absolute atomic E-state index is 0.335. The van der Waals surface area contributed by atoms with Crippen molar-refractivity contribution in [3.63, 3.8) is 0 Å². The molecule has 0 radical (unpaired) electrons. The van der Waals surface area contributed by atoms with Crippen LogP contribution in [0, 0.1) is 0 Å². The lowest BCUT2D eigenvalue weighted by molar-refractivity contribution is -0.140. The quantitative estimate of drug-likeness (QED) is 0.750. The molecule has 0 atom stereocenters. The van der Waals surface area contributed by atoms with E-state index in [0.717, 1.165) is 5.56 Å². The van der Waals surface area contributed by atoms with Crippen molar-refractivity contribution in [3.05, 3.63) is 35.9 Å². The molecule has 6 heteroatoms. The Morgan fingerprint density at radius 1 is 1.36 bits per heavy atom. The van der Waals surface area contributed by atoms with Gasteiger partial charge in [-0.05, 0) is 31.4 Å². The van der Waals surface area contributed by atoms with Gasteiger partial charge in [-0.2, -0.15) is 0 Å². The second-order valence-electron chi connectivity index (χ2n) is 5.21. The fourth-order valence-electron chi connectivity index (χ4n) is 2.29. The van der Waals surface area contributed by atoms with Gasteiger partial charge in [0.05, 0.1) is 14.2 Å². The number of amides is 1. The number of aliphatic carboxylic acids is 1. The monoisotopic (exact) mass is 305 g/mol. The van der Waals surface area contributed by atoms with E-state index in [-0.39, 0.29) is 0 Å². The number of allylic oxidation sites excluding steroid dienone is 1. The SMILES string of the molecule is C=CCc1cc(C(=O)NC2(C(=O)O)CC2)cc(OC)c1OC. The Balaban J connectivity index is 2.34. The van der Waals surface area contributed by atoms with E-state index < -0.39 is 17.4 Å². The Morgan fingerprint density at radius 3 is 2.50 bits per heavy atom. The van der Waals surface area contributed by atoms with Crippen molar-refractivity contribution in [2.24, 2.45) is 0 Å². The van der Waals surface area contributed by atoms with Crippen LogP contribution in [0.15, 0.2) is 24.8 Å². The molecular formula is C16H19NO5. The second kappa shape index (κ2) is 6.09. The molecule has 22 heavy (non-hydrogen) atoms. The first kappa shape index (κ1) is 15.9. The third-order valence-corrected chi connectivity index (χ3v) is 3.69. The van der Waals surface area contributed by atoms with E-state index in [1.54, 1.807) is 18.2 Å². The van der Waals surface area contributed by atoms with Gasteiger partial charge in [-0.15, -0.1) is 6.58 Å². The third kappa shape index (κ3) is 2.90. The first-order chi connectivity index (χ1) is 10.5. The Hall–Kier alpha value is -2.50. The van der Waals surface area contributed by atoms with E-state index in [2.05, 4.69) is 11.9 Å². The lowest BCUT2D eigenvalue weighted by Gasteiger charge is -2.16. The molecule has 0 bridgehead atoms. The smallest absolute Gasteiger partial charge is 0.329 e. The molecule has 118 valence electrons. The van der Waals surface area contributed by atoms with Gasteiger partial charge in [-0.1, -0.05) is 6.08 Å². The molecule has 2 rings (SSSR count). The molecule has 1 aliphatic carbocycles. The molecule has 0 saturated heterocycles. The van der Waals surface area contributed by atoms with Crippen LogP contribution in [-0.4, -0.2) is 36.7 Å². The van der Waals surface area contributed by atoms with Crippen molar-refractivity contribution in [2.75, 3.05) is 14.2 Å². The zero-order chi connectivity index (χ0) is 16.3. The van der Waals surface area contributed by atoms with Gasteiger partial charge in [0, 0.05) is 11.1 Å². The number of carboxylic acid groups (broad SMARTS) is 1. The van der Waals surface area contributed by atoms with Crippen LogP contribution in [0.3, 0.4) is 0 Å². The Labute approximate surface area is 128 Å². The molecule has 1 fully saturated rings. The van der Waals surface area contributed by atoms with Crippen LogP contribution in [0.1, 0.15) is 28.8 Å². The average molecular weight is 305 g/mol. The van der Waals surface area contributed by atoms with Crippen LogP contribution in [0.25, 0.3) is 0 Å². The summed E-state index contributed by atoms with van der Waals surface area (Å²) in [6, 6.07) is 3.20. The molecule has 0 unspecified atom stereocenters. The minimum Gasteiger partial charge on any atom is -0.493 e. The standard InChI is InChI=1S/C16H19NO5/c1-4-5-10-8-11(9-12(21-2)13(10)22-3)14(18)17-16(6-7-16)15(19)20/h4,8-9H,1,5-7H2,2-3H3,(H,17,18)(H,19,20). The van der Waals surface area contributed by atoms with Crippen LogP contribution in [-0.2, 0) is 11.2 Å². The van der Waals surface area contributed by atoms with E-state index in [1.165, 1.54) is 14.2 Å². The molecule has 0 aliphatic heterocycles. The minimum atomic E-state index is -1.12. The third-order valence-electron chi connectivity index (χ3n) is 3.69. The number of rotatable bonds is 7. The number of nitrogens with one attached hydrogen (secondary N) is 1. The van der Waals surface area contributed by atoms with Crippen LogP contribution in [0.5, 0.6) is 11.5 Å². The number of hydrogen-bond donors (Lipinski definition) is 2. The molecule has 0 aromatic heterocycles. The van der Waals surface area contributed by atoms with E-state index >= 15 is 0 Å². The summed E-state index contributed by atoms with van der Waals surface area (Å²) in [5.41, 5.74) is -0.0350. The molecule has 1 aromatic rings. The first-order valence-corrected chi connectivity index (χ1v) is 6.89. The molecule has 6 nitrogen and oxygen atoms in total. The summed E-state index contributed by atoms with van der Waals surface area (Å²) in [5, 5.41) is 11.7. The topological polar surface area (TPSA) is 84.9 Å². The van der Waals surface area contributed by atoms with Crippen molar-refractivity contribution in [2.45, 2.75) is 24.8 Å². The molecule has 1 aromatic carbocycles. The van der Waals surface area contributed by atoms with Crippen molar-refractivity contribution in [1.29, 1.82) is 0 Å². The summed E-state index contributed by atoms with van der Waals surface area (Å²) in [6.07, 6.45) is 3.09. The van der Waals surface area contributed by atoms with Crippen molar-refractivity contribution < 1.29 is 24.2 Å². The summed E-state index contributed by atoms with van der Waals surface area (Å²) in [6.45, 7) is 3.68. The number of carbonyl (C=O) groups is 2. The van der Waals surface area contributed by atoms with Gasteiger partial charge in [-0.3, -0.25) is 4.79 Å². The highest BCUT2D eigenvalue weighted by atomic mass is 16.5. The molecule has 0 spiro atoms. The van der Waals surface area contributed by atoms with Gasteiger partial charge in [0.1, 0.15) is 5.54 Å². The average Bonchev–Trinajstić information content (AvgIpc) is 3.27. The van der Waals surface area contributed by atoms with Gasteiger partial charge < -0.3 is 19.9 Å². The largest absolute Gasteiger partial charge is 0.493 e. The normalized spacial score (nSPS) is 14.8. The summed E-state index contributed by atoms with van der Waals surface area (Å²) >= 11 is 0. The summed E-state index contributed by atoms with van der Waals surface area (Å²) in [4.78, 5) is 23.5. The molecule has 1 amide bonds. The van der Waals surface area contributed by atoms with Gasteiger partial charge in [0.15, 0.2) is 11.5 Å². The number of hydrogen-bond acceptors (Lipinski definition) is 4. The Kier molecular flexibility index (Phi) is 4.40. The van der Waals surface area contributed by atoms with Crippen molar-refractivity contribution in [3.8, 4) is 11.5 Å². The van der Waals surface area contributed by atoms with Gasteiger partial charge >= 0.3 is 5.97 Å². The van der Waals surface area contributed by atoms with Gasteiger partial charge in [-0.25, -0.2) is 4.79 Å². The highest BCUT2D eigenvalue weighted by Gasteiger charge is 2.51. The molecular weight excluding hydrogens is 286 g/mol. The molecule has 2 N–H and O–H groups in total. The zero-order valence-electron chi connectivity index (χ0n) is 12.6. The number of benzene rings is 1. The number of carbonyl (C=O) groups excluding carboxylic acids is 1. The fourth-order valence-corrected chi connectivity index (χ4v) is 2.29. The summed E-state index contributed by atoms with van der Waals surface area (Å²) in [7, 11) is 3.00. The van der Waals surface area contributed by atoms with Crippen molar-refractivity contribution >= 4 is 11.9 Å². The lowest BCUT2D eigenvalue weighted by Crippen LogP contribution is -2.43. The first-order valence-electron chi connectivity index (χ1n) is 6.89. The van der Waals surface area contributed by atoms with Crippen LogP contribution < -0.4 is 14.8 Å². The predicted molar refractivity (Wildman–Crippen MR) is 80.5 cm³/mol. The maximum Gasteiger partial charge on any atom is 0.329 e. The summed E-state index contributed by atoms with van der Waals surface area (Å²) < 4.78 is 10.6. The molecule has 1 saturated carbocycles. The van der Waals surface area contributed by atoms with Crippen molar-refractivity contribution in [1.82, 2.24) is 5.32 Å². The maximum absolute atomic E-state index is 12.3. The predicted octanol–water partition coefficient (Wildman–Crippen LogP) is 1.78. The van der Waals surface area contributed by atoms with Gasteiger partial charge in [0.2, 0.25) is 0 Å². The molecule has 0 heterocycles. The summed E-state index contributed by atoms with van der Waals surface area (Å²) in [5.74, 6) is -0.482. The van der Waals surface area contributed by atoms with Gasteiger partial charge in [0.25, 0.3) is 5.91 Å². The zero-order valence-corrected chi connectivity index (χ0v) is 12.6.